The third-order valence-electron chi connectivity index (χ3n) is 8.45. The molecule has 0 aliphatic rings. The SMILES string of the molecule is Cc1cccc(C)c1-c1ccnc(-c2[c-]cc(-c3cc4ccccc4c4ccccc34)cc2)c1.[2H]C([2H])([2H])c1ccc(-c2[c-]cccc2)nc1.[Ir]. The van der Waals surface area contributed by atoms with Crippen molar-refractivity contribution in [3.05, 3.63) is 181 Å². The van der Waals surface area contributed by atoms with Gasteiger partial charge in [0.2, 0.25) is 0 Å². The molecule has 0 atom stereocenters. The number of pyridine rings is 2. The predicted molar refractivity (Wildman–Crippen MR) is 197 cm³/mol. The molecule has 3 heteroatoms. The van der Waals surface area contributed by atoms with Gasteiger partial charge in [-0.25, -0.2) is 0 Å². The summed E-state index contributed by atoms with van der Waals surface area (Å²) in [6, 6.07) is 53.9. The first-order valence-electron chi connectivity index (χ1n) is 17.2. The van der Waals surface area contributed by atoms with Gasteiger partial charge in [-0.1, -0.05) is 102 Å². The quantitative estimate of drug-likeness (QED) is 0.131. The van der Waals surface area contributed by atoms with E-state index < -0.39 is 6.85 Å². The number of fused-ring (bicyclic) bond motifs is 3. The summed E-state index contributed by atoms with van der Waals surface area (Å²) in [7, 11) is 0. The van der Waals surface area contributed by atoms with Gasteiger partial charge in [0.1, 0.15) is 0 Å². The molecule has 0 aliphatic carbocycles. The van der Waals surface area contributed by atoms with Crippen molar-refractivity contribution in [2.75, 3.05) is 0 Å². The molecule has 0 N–H and O–H groups in total. The van der Waals surface area contributed by atoms with E-state index in [4.69, 9.17) is 4.11 Å². The summed E-state index contributed by atoms with van der Waals surface area (Å²) in [6.45, 7) is 2.24. The number of hydrogen-bond acceptors (Lipinski definition) is 2. The maximum atomic E-state index is 7.23. The zero-order chi connectivity index (χ0) is 34.7. The minimum absolute atomic E-state index is 0. The van der Waals surface area contributed by atoms with Crippen molar-refractivity contribution in [2.24, 2.45) is 0 Å². The van der Waals surface area contributed by atoms with Crippen molar-refractivity contribution in [3.63, 3.8) is 0 Å². The molecule has 8 aromatic rings. The van der Waals surface area contributed by atoms with Gasteiger partial charge in [-0.15, -0.1) is 65.7 Å². The van der Waals surface area contributed by atoms with E-state index in [2.05, 4.69) is 139 Å². The van der Waals surface area contributed by atoms with Gasteiger partial charge in [-0.05, 0) is 87.5 Å². The molecule has 2 heterocycles. The number of aryl methyl sites for hydroxylation is 3. The summed E-state index contributed by atoms with van der Waals surface area (Å²) in [4.78, 5) is 8.78. The molecule has 235 valence electrons. The fourth-order valence-corrected chi connectivity index (χ4v) is 6.15. The molecule has 8 rings (SSSR count). The van der Waals surface area contributed by atoms with E-state index in [9.17, 15) is 0 Å². The van der Waals surface area contributed by atoms with Gasteiger partial charge in [-0.3, -0.25) is 0 Å². The van der Waals surface area contributed by atoms with Gasteiger partial charge in [-0.2, -0.15) is 0 Å². The average Bonchev–Trinajstić information content (AvgIpc) is 3.15. The van der Waals surface area contributed by atoms with Crippen LogP contribution in [-0.2, 0) is 20.1 Å². The van der Waals surface area contributed by atoms with Gasteiger partial charge in [0, 0.05) is 36.6 Å². The van der Waals surface area contributed by atoms with Crippen LogP contribution in [0.2, 0.25) is 0 Å². The Kier molecular flexibility index (Phi) is 8.87. The van der Waals surface area contributed by atoms with Crippen LogP contribution >= 0.6 is 0 Å². The molecular formula is C45H34IrN2-2. The van der Waals surface area contributed by atoms with E-state index in [0.717, 1.165) is 28.1 Å². The van der Waals surface area contributed by atoms with Crippen LogP contribution in [0, 0.1) is 32.8 Å². The molecule has 0 saturated carbocycles. The van der Waals surface area contributed by atoms with Crippen molar-refractivity contribution in [2.45, 2.75) is 20.7 Å². The molecule has 0 spiro atoms. The Hall–Kier alpha value is -5.21. The fraction of sp³-hybridized carbons (Fsp3) is 0.0667. The topological polar surface area (TPSA) is 25.8 Å². The van der Waals surface area contributed by atoms with E-state index >= 15 is 0 Å². The first-order valence-corrected chi connectivity index (χ1v) is 15.7. The Labute approximate surface area is 300 Å². The largest absolute Gasteiger partial charge is 0.305 e. The van der Waals surface area contributed by atoms with E-state index in [0.29, 0.717) is 0 Å². The summed E-state index contributed by atoms with van der Waals surface area (Å²) < 4.78 is 21.7. The summed E-state index contributed by atoms with van der Waals surface area (Å²) in [5, 5.41) is 5.08. The van der Waals surface area contributed by atoms with Crippen molar-refractivity contribution in [1.29, 1.82) is 0 Å². The maximum Gasteiger partial charge on any atom is 0.0280 e. The first-order chi connectivity index (χ1) is 24.3. The van der Waals surface area contributed by atoms with E-state index in [1.54, 1.807) is 18.2 Å². The zero-order valence-electron chi connectivity index (χ0n) is 29.7. The molecule has 0 amide bonds. The first kappa shape index (κ1) is 29.0. The normalized spacial score (nSPS) is 11.8. The molecule has 2 nitrogen and oxygen atoms in total. The Morgan fingerprint density at radius 3 is 2.04 bits per heavy atom. The average molecular weight is 798 g/mol. The Balaban J connectivity index is 0.000000222. The molecule has 2 aromatic heterocycles. The summed E-state index contributed by atoms with van der Waals surface area (Å²) in [5.41, 5.74) is 11.2. The second-order valence-electron chi connectivity index (χ2n) is 11.6. The third kappa shape index (κ3) is 6.89. The van der Waals surface area contributed by atoms with Gasteiger partial charge >= 0.3 is 0 Å². The molecular weight excluding hydrogens is 761 g/mol. The van der Waals surface area contributed by atoms with Gasteiger partial charge in [0.05, 0.1) is 0 Å². The maximum absolute atomic E-state index is 7.23. The second kappa shape index (κ2) is 14.7. The fourth-order valence-electron chi connectivity index (χ4n) is 6.15. The van der Waals surface area contributed by atoms with Gasteiger partial charge < -0.3 is 9.97 Å². The summed E-state index contributed by atoms with van der Waals surface area (Å²) in [6.07, 6.45) is 3.29. The zero-order valence-corrected chi connectivity index (χ0v) is 29.1. The Bertz CT molecular complexity index is 2400. The number of nitrogens with zero attached hydrogens (tertiary/aromatic N) is 2. The van der Waals surface area contributed by atoms with E-state index in [1.807, 2.05) is 24.4 Å². The molecule has 48 heavy (non-hydrogen) atoms. The molecule has 6 aromatic carbocycles. The molecule has 0 aliphatic heterocycles. The van der Waals surface area contributed by atoms with Crippen LogP contribution in [0.4, 0.5) is 0 Å². The van der Waals surface area contributed by atoms with Crippen LogP contribution in [-0.4, -0.2) is 9.97 Å². The smallest absolute Gasteiger partial charge is 0.0280 e. The number of benzene rings is 6. The van der Waals surface area contributed by atoms with Gasteiger partial charge in [0.15, 0.2) is 0 Å². The van der Waals surface area contributed by atoms with Crippen LogP contribution in [0.5, 0.6) is 0 Å². The van der Waals surface area contributed by atoms with Crippen LogP contribution < -0.4 is 0 Å². The second-order valence-corrected chi connectivity index (χ2v) is 11.6. The van der Waals surface area contributed by atoms with Crippen LogP contribution in [0.25, 0.3) is 66.3 Å². The van der Waals surface area contributed by atoms with Crippen molar-refractivity contribution >= 4 is 21.5 Å². The predicted octanol–water partition coefficient (Wildman–Crippen LogP) is 11.7. The molecule has 0 bridgehead atoms. The molecule has 0 saturated heterocycles. The number of rotatable bonds is 4. The summed E-state index contributed by atoms with van der Waals surface area (Å²) >= 11 is 0. The van der Waals surface area contributed by atoms with Crippen LogP contribution in [0.1, 0.15) is 20.8 Å². The molecule has 0 unspecified atom stereocenters. The third-order valence-corrected chi connectivity index (χ3v) is 8.45. The van der Waals surface area contributed by atoms with Gasteiger partial charge in [0.25, 0.3) is 0 Å². The number of aromatic nitrogens is 2. The van der Waals surface area contributed by atoms with Crippen LogP contribution in [0.3, 0.4) is 0 Å². The van der Waals surface area contributed by atoms with Crippen molar-refractivity contribution < 1.29 is 24.2 Å². The minimum Gasteiger partial charge on any atom is -0.305 e. The van der Waals surface area contributed by atoms with Crippen molar-refractivity contribution in [3.8, 4) is 44.8 Å². The minimum atomic E-state index is -2.09. The number of hydrogen-bond donors (Lipinski definition) is 0. The van der Waals surface area contributed by atoms with E-state index in [-0.39, 0.29) is 25.7 Å². The molecule has 1 radical (unpaired) electrons. The standard InChI is InChI=1S/C33H24N.C12H10N.Ir/c1-22-8-7-9-23(2)33(22)27-18-19-34-32(21-27)25-16-14-24(15-17-25)31-20-26-10-3-4-11-28(26)29-12-5-6-13-30(29)31;1-10-7-8-12(13-9-10)11-5-3-2-4-6-11;/h3-16,18-21H,1-2H3;2-5,7-9H,1H3;/q2*-1;/i;1D3;. The Morgan fingerprint density at radius 2 is 1.33 bits per heavy atom. The van der Waals surface area contributed by atoms with E-state index in [1.165, 1.54) is 55.6 Å². The summed E-state index contributed by atoms with van der Waals surface area (Å²) in [5.74, 6) is 0. The van der Waals surface area contributed by atoms with Crippen molar-refractivity contribution in [1.82, 2.24) is 9.97 Å². The Morgan fingerprint density at radius 1 is 0.583 bits per heavy atom. The molecule has 0 fully saturated rings. The van der Waals surface area contributed by atoms with Crippen LogP contribution in [0.15, 0.2) is 152 Å². The monoisotopic (exact) mass is 798 g/mol.